The number of piperidine rings is 1. The number of carbonyl (C=O) groups is 1. The van der Waals surface area contributed by atoms with E-state index in [0.29, 0.717) is 18.3 Å². The average Bonchev–Trinajstić information content (AvgIpc) is 2.42. The molecule has 0 atom stereocenters. The number of hydrogen-bond acceptors (Lipinski definition) is 4. The molecule has 0 radical (unpaired) electrons. The van der Waals surface area contributed by atoms with Crippen LogP contribution in [-0.4, -0.2) is 42.0 Å². The van der Waals surface area contributed by atoms with Crippen molar-refractivity contribution in [2.45, 2.75) is 12.8 Å². The van der Waals surface area contributed by atoms with E-state index in [-0.39, 0.29) is 30.7 Å². The van der Waals surface area contributed by atoms with Crippen molar-refractivity contribution in [2.24, 2.45) is 11.7 Å². The molecule has 1 amide bonds. The van der Waals surface area contributed by atoms with Gasteiger partial charge in [-0.25, -0.2) is 4.98 Å². The zero-order valence-corrected chi connectivity index (χ0v) is 14.8. The zero-order valence-electron chi connectivity index (χ0n) is 11.6. The van der Waals surface area contributed by atoms with Gasteiger partial charge >= 0.3 is 0 Å². The third-order valence-electron chi connectivity index (χ3n) is 3.40. The fraction of sp³-hybridized carbons (Fsp3) is 0.538. The number of carbonyl (C=O) groups excluding carboxylic acids is 1. The maximum Gasteiger partial charge on any atom is 0.239 e. The van der Waals surface area contributed by atoms with Crippen molar-refractivity contribution in [3.8, 4) is 0 Å². The van der Waals surface area contributed by atoms with E-state index in [1.54, 1.807) is 12.3 Å². The Bertz CT molecular complexity index is 425. The molecule has 1 aliphatic rings. The van der Waals surface area contributed by atoms with Crippen molar-refractivity contribution in [1.82, 2.24) is 9.88 Å². The lowest BCUT2D eigenvalue weighted by Gasteiger charge is -2.30. The lowest BCUT2D eigenvalue weighted by atomic mass is 9.97. The van der Waals surface area contributed by atoms with Crippen molar-refractivity contribution in [3.63, 3.8) is 0 Å². The molecule has 2 rings (SSSR count). The summed E-state index contributed by atoms with van der Waals surface area (Å²) in [6.45, 7) is 3.07. The molecule has 21 heavy (non-hydrogen) atoms. The maximum absolute atomic E-state index is 11.9. The summed E-state index contributed by atoms with van der Waals surface area (Å²) in [6.07, 6.45) is 3.84. The van der Waals surface area contributed by atoms with Crippen molar-refractivity contribution >= 4 is 52.5 Å². The van der Waals surface area contributed by atoms with Crippen LogP contribution in [0.15, 0.2) is 22.8 Å². The summed E-state index contributed by atoms with van der Waals surface area (Å²) in [5, 5.41) is 2.80. The Morgan fingerprint density at radius 1 is 1.38 bits per heavy atom. The lowest BCUT2D eigenvalue weighted by Crippen LogP contribution is -2.40. The van der Waals surface area contributed by atoms with Crippen LogP contribution in [0, 0.1) is 5.92 Å². The topological polar surface area (TPSA) is 71.2 Å². The highest BCUT2D eigenvalue weighted by atomic mass is 79.9. The maximum atomic E-state index is 11.9. The molecule has 120 valence electrons. The highest BCUT2D eigenvalue weighted by Crippen LogP contribution is 2.15. The predicted octanol–water partition coefficient (Wildman–Crippen LogP) is 2.30. The van der Waals surface area contributed by atoms with Crippen LogP contribution in [0.3, 0.4) is 0 Å². The van der Waals surface area contributed by atoms with Gasteiger partial charge in [0.05, 0.1) is 6.54 Å². The molecule has 1 aromatic rings. The fourth-order valence-corrected chi connectivity index (χ4v) is 2.45. The van der Waals surface area contributed by atoms with Crippen molar-refractivity contribution < 1.29 is 4.79 Å². The Hall–Kier alpha value is -0.400. The van der Waals surface area contributed by atoms with Gasteiger partial charge in [0.1, 0.15) is 5.82 Å². The Morgan fingerprint density at radius 2 is 2.05 bits per heavy atom. The summed E-state index contributed by atoms with van der Waals surface area (Å²) in [5.74, 6) is 1.19. The van der Waals surface area contributed by atoms with E-state index < -0.39 is 0 Å². The molecule has 8 heteroatoms. The second-order valence-corrected chi connectivity index (χ2v) is 5.78. The first kappa shape index (κ1) is 20.6. The second-order valence-electron chi connectivity index (χ2n) is 4.87. The third-order valence-corrected chi connectivity index (χ3v) is 3.87. The van der Waals surface area contributed by atoms with Gasteiger partial charge in [-0.3, -0.25) is 9.69 Å². The molecule has 1 fully saturated rings. The minimum Gasteiger partial charge on any atom is -0.330 e. The number of nitrogens with one attached hydrogen (secondary N) is 1. The zero-order chi connectivity index (χ0) is 13.7. The number of hydrogen-bond donors (Lipinski definition) is 2. The van der Waals surface area contributed by atoms with Gasteiger partial charge in [-0.2, -0.15) is 0 Å². The molecule has 1 aromatic heterocycles. The fourth-order valence-electron chi connectivity index (χ4n) is 2.22. The largest absolute Gasteiger partial charge is 0.330 e. The molecule has 2 heterocycles. The molecule has 0 unspecified atom stereocenters. The van der Waals surface area contributed by atoms with E-state index in [9.17, 15) is 4.79 Å². The van der Waals surface area contributed by atoms with Crippen LogP contribution in [0.5, 0.6) is 0 Å². The van der Waals surface area contributed by atoms with Gasteiger partial charge in [-0.15, -0.1) is 24.8 Å². The molecule has 0 spiro atoms. The van der Waals surface area contributed by atoms with E-state index in [1.807, 2.05) is 6.07 Å². The number of pyridine rings is 1. The van der Waals surface area contributed by atoms with Gasteiger partial charge in [0.2, 0.25) is 5.91 Å². The van der Waals surface area contributed by atoms with Crippen molar-refractivity contribution in [2.75, 3.05) is 31.5 Å². The molecule has 0 bridgehead atoms. The summed E-state index contributed by atoms with van der Waals surface area (Å²) < 4.78 is 0.898. The first-order chi connectivity index (χ1) is 9.17. The van der Waals surface area contributed by atoms with Crippen molar-refractivity contribution in [3.05, 3.63) is 22.8 Å². The summed E-state index contributed by atoms with van der Waals surface area (Å²) in [6, 6.07) is 3.64. The number of halogens is 3. The number of aromatic nitrogens is 1. The molecule has 5 nitrogen and oxygen atoms in total. The number of likely N-dealkylation sites (tertiary alicyclic amines) is 1. The van der Waals surface area contributed by atoms with Crippen LogP contribution in [0.4, 0.5) is 5.82 Å². The molecule has 1 aliphatic heterocycles. The molecular weight excluding hydrogens is 379 g/mol. The monoisotopic (exact) mass is 398 g/mol. The number of rotatable bonds is 4. The lowest BCUT2D eigenvalue weighted by molar-refractivity contribution is -0.117. The highest BCUT2D eigenvalue weighted by Gasteiger charge is 2.19. The quantitative estimate of drug-likeness (QED) is 0.814. The highest BCUT2D eigenvalue weighted by molar-refractivity contribution is 9.10. The molecule has 1 saturated heterocycles. The van der Waals surface area contributed by atoms with E-state index in [1.165, 1.54) is 0 Å². The van der Waals surface area contributed by atoms with Gasteiger partial charge in [-0.1, -0.05) is 0 Å². The molecule has 0 aromatic carbocycles. The SMILES string of the molecule is Cl.Cl.NCC1CCN(CC(=O)Nc2ccc(Br)cn2)CC1. The Balaban J connectivity index is 0.00000200. The summed E-state index contributed by atoms with van der Waals surface area (Å²) in [7, 11) is 0. The Labute approximate surface area is 146 Å². The smallest absolute Gasteiger partial charge is 0.239 e. The molecule has 0 saturated carbocycles. The molecular formula is C13H21BrCl2N4O. The van der Waals surface area contributed by atoms with E-state index >= 15 is 0 Å². The number of amides is 1. The summed E-state index contributed by atoms with van der Waals surface area (Å²) >= 11 is 3.31. The second kappa shape index (κ2) is 10.3. The van der Waals surface area contributed by atoms with Gasteiger partial charge in [0, 0.05) is 10.7 Å². The van der Waals surface area contributed by atoms with Gasteiger partial charge in [0.25, 0.3) is 0 Å². The van der Waals surface area contributed by atoms with E-state index in [0.717, 1.165) is 36.9 Å². The minimum absolute atomic E-state index is 0. The van der Waals surface area contributed by atoms with Crippen molar-refractivity contribution in [1.29, 1.82) is 0 Å². The molecule has 0 aliphatic carbocycles. The van der Waals surface area contributed by atoms with E-state index in [4.69, 9.17) is 5.73 Å². The van der Waals surface area contributed by atoms with Gasteiger partial charge < -0.3 is 11.1 Å². The van der Waals surface area contributed by atoms with Crippen LogP contribution in [0.2, 0.25) is 0 Å². The number of nitrogens with two attached hydrogens (primary N) is 1. The first-order valence-corrected chi connectivity index (χ1v) is 7.30. The first-order valence-electron chi connectivity index (χ1n) is 6.51. The van der Waals surface area contributed by atoms with Gasteiger partial charge in [-0.05, 0) is 66.5 Å². The standard InChI is InChI=1S/C13H19BrN4O.2ClH/c14-11-1-2-12(16-8-11)17-13(19)9-18-5-3-10(7-15)4-6-18;;/h1-2,8,10H,3-7,9,15H2,(H,16,17,19);2*1H. The van der Waals surface area contributed by atoms with Crippen LogP contribution < -0.4 is 11.1 Å². The minimum atomic E-state index is -0.0129. The van der Waals surface area contributed by atoms with Gasteiger partial charge in [0.15, 0.2) is 0 Å². The van der Waals surface area contributed by atoms with E-state index in [2.05, 4.69) is 31.1 Å². The summed E-state index contributed by atoms with van der Waals surface area (Å²) in [4.78, 5) is 18.2. The predicted molar refractivity (Wildman–Crippen MR) is 93.3 cm³/mol. The number of nitrogens with zero attached hydrogens (tertiary/aromatic N) is 2. The molecule has 3 N–H and O–H groups in total. The Morgan fingerprint density at radius 3 is 2.57 bits per heavy atom. The summed E-state index contributed by atoms with van der Waals surface area (Å²) in [5.41, 5.74) is 5.65. The van der Waals surface area contributed by atoms with Crippen LogP contribution >= 0.6 is 40.7 Å². The van der Waals surface area contributed by atoms with Crippen LogP contribution in [0.1, 0.15) is 12.8 Å². The normalized spacial score (nSPS) is 15.7. The average molecular weight is 400 g/mol. The van der Waals surface area contributed by atoms with Crippen LogP contribution in [0.25, 0.3) is 0 Å². The van der Waals surface area contributed by atoms with Crippen LogP contribution in [-0.2, 0) is 4.79 Å². The Kier molecular flexibility index (Phi) is 10.1. The number of anilines is 1. The third kappa shape index (κ3) is 6.93.